The molecule has 11 fully saturated rings. The molecule has 0 heterocycles. The lowest BCUT2D eigenvalue weighted by Gasteiger charge is -2.43. The molecule has 0 aromatic rings. The maximum absolute atomic E-state index is 11.9. The fourth-order valence-corrected chi connectivity index (χ4v) is 20.8. The summed E-state index contributed by atoms with van der Waals surface area (Å²) in [7, 11) is 0. The molecule has 1 unspecified atom stereocenters. The van der Waals surface area contributed by atoms with E-state index < -0.39 is 0 Å². The van der Waals surface area contributed by atoms with E-state index in [9.17, 15) is 4.79 Å². The number of carbonyl (C=O) groups excluding carboxylic acids is 1. The van der Waals surface area contributed by atoms with Crippen LogP contribution in [0.15, 0.2) is 47.1 Å². The minimum atomic E-state index is -0.195. The average molecular weight is 1140 g/mol. The predicted octanol–water partition coefficient (Wildman–Crippen LogP) is 26.3. The van der Waals surface area contributed by atoms with E-state index in [1.807, 2.05) is 17.8 Å². The topological polar surface area (TPSA) is 26.3 Å². The Balaban J connectivity index is 0.000000141. The highest BCUT2D eigenvalue weighted by atomic mass is 16.6. The van der Waals surface area contributed by atoms with Gasteiger partial charge in [-0.3, -0.25) is 0 Å². The average Bonchev–Trinajstić information content (AvgIpc) is 4.14. The number of fused-ring (bicyclic) bond motifs is 2. The quantitative estimate of drug-likeness (QED) is 0.119. The highest BCUT2D eigenvalue weighted by Crippen LogP contribution is 2.57. The normalized spacial score (nSPS) is 29.8. The number of allylic oxidation sites excluding steroid dienone is 6. The Hall–Kier alpha value is -1.96. The van der Waals surface area contributed by atoms with E-state index in [1.54, 1.807) is 23.6 Å². The predicted molar refractivity (Wildman–Crippen MR) is 360 cm³/mol. The van der Waals surface area contributed by atoms with Crippen molar-refractivity contribution in [1.29, 1.82) is 0 Å². The summed E-state index contributed by atoms with van der Waals surface area (Å²) >= 11 is 0. The van der Waals surface area contributed by atoms with Crippen LogP contribution < -0.4 is 0 Å². The molecule has 2 heteroatoms. The molecule has 1 atom stereocenters. The summed E-state index contributed by atoms with van der Waals surface area (Å²) in [6, 6.07) is 0. The molecule has 0 aliphatic heterocycles. The zero-order valence-electron chi connectivity index (χ0n) is 57.7. The van der Waals surface area contributed by atoms with Crippen LogP contribution in [-0.2, 0) is 9.53 Å². The molecule has 83 heavy (non-hydrogen) atoms. The van der Waals surface area contributed by atoms with Crippen LogP contribution in [0.25, 0.3) is 0 Å². The van der Waals surface area contributed by atoms with E-state index in [0.717, 1.165) is 18.3 Å². The van der Waals surface area contributed by atoms with Crippen LogP contribution >= 0.6 is 0 Å². The maximum atomic E-state index is 11.9. The molecule has 0 bridgehead atoms. The Morgan fingerprint density at radius 2 is 0.795 bits per heavy atom. The molecule has 0 saturated heterocycles. The Kier molecular flexibility index (Phi) is 25.0. The van der Waals surface area contributed by atoms with E-state index in [4.69, 9.17) is 4.74 Å². The standard InChI is InChI=1S/C15H24O2.C11H19.C11H18.C11H19.C11H18.C11H19.C11H18/c1-12(2)13(16)17-15(10-6-7-11-15)14(3)8-4-5-9-14;2*1-11-8-4-2-6-10(11)7-3-5-9-11;2*1-11(8-4-5-9-11)10-6-2-3-7-10;2*1-10-6-2-3-7-11(10)8-4-5-9-11/h1,4-11H2,2-3H3;2-9H2,1H3;6H,2-5,7-9H2,1H3;2-9H2,1H3;6H,2-5,7-9H2,1H3;2-9H2,1H3;6H,2-5,7-9H2,1H3/q;+1;;+1;;+1;/p+1. The lowest BCUT2D eigenvalue weighted by atomic mass is 9.61. The van der Waals surface area contributed by atoms with E-state index >= 15 is 0 Å². The maximum Gasteiger partial charge on any atom is 1.00 e. The van der Waals surface area contributed by atoms with Gasteiger partial charge in [0.2, 0.25) is 0 Å². The van der Waals surface area contributed by atoms with E-state index in [0.29, 0.717) is 32.6 Å². The van der Waals surface area contributed by atoms with E-state index in [1.165, 1.54) is 327 Å². The summed E-state index contributed by atoms with van der Waals surface area (Å²) in [6.07, 6.45) is 82.7. The third kappa shape index (κ3) is 17.3. The van der Waals surface area contributed by atoms with Crippen LogP contribution in [0.1, 0.15) is 397 Å². The number of carbonyl (C=O) groups is 1. The van der Waals surface area contributed by atoms with Gasteiger partial charge in [-0.2, -0.15) is 0 Å². The highest BCUT2D eigenvalue weighted by Gasteiger charge is 2.54. The summed E-state index contributed by atoms with van der Waals surface area (Å²) in [5.74, 6) is 5.46. The first-order chi connectivity index (χ1) is 39.9. The first-order valence-electron chi connectivity index (χ1n) is 37.4. The summed E-state index contributed by atoms with van der Waals surface area (Å²) in [4.78, 5) is 11.9. The molecule has 2 nitrogen and oxygen atoms in total. The smallest absolute Gasteiger partial charge is 0.455 e. The number of hydrogen-bond acceptors (Lipinski definition) is 2. The second-order valence-electron chi connectivity index (χ2n) is 32.8. The van der Waals surface area contributed by atoms with E-state index in [-0.39, 0.29) is 18.4 Å². The molecule has 11 saturated carbocycles. The third-order valence-electron chi connectivity index (χ3n) is 27.1. The van der Waals surface area contributed by atoms with Crippen molar-refractivity contribution in [3.63, 3.8) is 0 Å². The van der Waals surface area contributed by atoms with Gasteiger partial charge in [0.1, 0.15) is 21.8 Å². The van der Waals surface area contributed by atoms with E-state index in [2.05, 4.69) is 73.3 Å². The van der Waals surface area contributed by atoms with Gasteiger partial charge in [0.05, 0.1) is 56.8 Å². The van der Waals surface area contributed by atoms with Gasteiger partial charge < -0.3 is 4.74 Å². The third-order valence-corrected chi connectivity index (χ3v) is 27.1. The van der Waals surface area contributed by atoms with Gasteiger partial charge in [0.15, 0.2) is 0 Å². The summed E-state index contributed by atoms with van der Waals surface area (Å²) < 4.78 is 5.91. The van der Waals surface area contributed by atoms with Crippen molar-refractivity contribution < 1.29 is 11.0 Å². The minimum absolute atomic E-state index is 0. The first kappa shape index (κ1) is 67.0. The Morgan fingerprint density at radius 1 is 0.434 bits per heavy atom. The number of hydrogen-bond donors (Lipinski definition) is 0. The van der Waals surface area contributed by atoms with Crippen molar-refractivity contribution in [3.8, 4) is 0 Å². The SMILES string of the molecule is C=C(C)C(=O)OC1(C2(C)CCCC2)CCCC1.CC1(C2=CCCC2)CCCC1.CC1([C+]2CCCC2)CCCC1.CC12CCCC=C1CCCC2.CC12CCCC[C+]1CCCC2.CC1=CCCCC12CCCC2.C[C+]1CCCCC12CCCC2.[H+]. The van der Waals surface area contributed by atoms with Gasteiger partial charge in [0.25, 0.3) is 0 Å². The van der Waals surface area contributed by atoms with Crippen molar-refractivity contribution in [2.75, 3.05) is 0 Å². The van der Waals surface area contributed by atoms with Crippen LogP contribution in [0, 0.1) is 55.7 Å². The van der Waals surface area contributed by atoms with Crippen LogP contribution in [0.3, 0.4) is 0 Å². The van der Waals surface area contributed by atoms with Crippen molar-refractivity contribution in [2.45, 2.75) is 401 Å². The summed E-state index contributed by atoms with van der Waals surface area (Å²) in [6.45, 7) is 22.5. The zero-order valence-corrected chi connectivity index (χ0v) is 56.7. The second kappa shape index (κ2) is 31.0. The molecule has 0 aromatic heterocycles. The van der Waals surface area contributed by atoms with Crippen LogP contribution in [0.5, 0.6) is 0 Å². The van der Waals surface area contributed by atoms with Crippen LogP contribution in [0.2, 0.25) is 0 Å². The fraction of sp³-hybridized carbons (Fsp3) is 0.852. The second-order valence-corrected chi connectivity index (χ2v) is 32.8. The Morgan fingerprint density at radius 3 is 1.31 bits per heavy atom. The molecule has 0 amide bonds. The fourth-order valence-electron chi connectivity index (χ4n) is 20.8. The molecule has 0 aromatic carbocycles. The lowest BCUT2D eigenvalue weighted by Crippen LogP contribution is -2.46. The van der Waals surface area contributed by atoms with Crippen LogP contribution in [-0.4, -0.2) is 11.6 Å². The van der Waals surface area contributed by atoms with Gasteiger partial charge >= 0.3 is 7.40 Å². The molecule has 0 N–H and O–H groups in total. The largest absolute Gasteiger partial charge is 1.00 e. The molecule has 468 valence electrons. The zero-order chi connectivity index (χ0) is 58.9. The van der Waals surface area contributed by atoms with Crippen molar-refractivity contribution in [2.24, 2.45) is 37.9 Å². The van der Waals surface area contributed by atoms with Crippen molar-refractivity contribution in [1.82, 2.24) is 0 Å². The monoisotopic (exact) mass is 1140 g/mol. The number of ether oxygens (including phenoxy) is 1. The lowest BCUT2D eigenvalue weighted by molar-refractivity contribution is -0.170. The summed E-state index contributed by atoms with van der Waals surface area (Å²) in [5, 5.41) is 0. The van der Waals surface area contributed by atoms with Gasteiger partial charge in [-0.25, -0.2) is 4.79 Å². The minimum Gasteiger partial charge on any atom is -0.455 e. The number of esters is 1. The molecule has 14 aliphatic carbocycles. The van der Waals surface area contributed by atoms with Gasteiger partial charge in [-0.1, -0.05) is 107 Å². The first-order valence-corrected chi connectivity index (χ1v) is 37.4. The molecule has 0 radical (unpaired) electrons. The molecule has 14 rings (SSSR count). The van der Waals surface area contributed by atoms with Gasteiger partial charge in [-0.05, 0) is 307 Å². The van der Waals surface area contributed by atoms with Gasteiger partial charge in [0, 0.05) is 11.0 Å². The highest BCUT2D eigenvalue weighted by molar-refractivity contribution is 5.87. The molecular weight excluding hydrogens is 1000 g/mol. The molecular formula is C81H136O2+4. The van der Waals surface area contributed by atoms with Gasteiger partial charge in [-0.15, -0.1) is 0 Å². The van der Waals surface area contributed by atoms with Crippen molar-refractivity contribution >= 4 is 5.97 Å². The molecule has 14 aliphatic rings. The van der Waals surface area contributed by atoms with Crippen LogP contribution in [0.4, 0.5) is 0 Å². The number of rotatable bonds is 5. The Bertz CT molecular complexity index is 2040. The molecule has 2 spiro atoms. The van der Waals surface area contributed by atoms with Crippen molar-refractivity contribution in [3.05, 3.63) is 64.9 Å². The Labute approximate surface area is 518 Å². The summed E-state index contributed by atoms with van der Waals surface area (Å²) in [5.41, 5.74) is 9.91.